The Balaban J connectivity index is 1.42. The van der Waals surface area contributed by atoms with E-state index in [2.05, 4.69) is 33.6 Å². The predicted molar refractivity (Wildman–Crippen MR) is 137 cm³/mol. The second kappa shape index (κ2) is 8.96. The maximum atomic E-state index is 14.7. The summed E-state index contributed by atoms with van der Waals surface area (Å²) < 4.78 is 24.0. The summed E-state index contributed by atoms with van der Waals surface area (Å²) in [4.78, 5) is 2.36. The number of aryl methyl sites for hydroxylation is 1. The van der Waals surface area contributed by atoms with Crippen molar-refractivity contribution in [3.8, 4) is 0 Å². The molecule has 2 aromatic heterocycles. The second-order valence-corrected chi connectivity index (χ2v) is 10.1. The summed E-state index contributed by atoms with van der Waals surface area (Å²) in [6.45, 7) is 7.22. The molecule has 4 heterocycles. The van der Waals surface area contributed by atoms with Crippen molar-refractivity contribution in [1.82, 2.24) is 24.9 Å². The van der Waals surface area contributed by atoms with Crippen LogP contribution >= 0.6 is 11.6 Å². The van der Waals surface area contributed by atoms with Crippen LogP contribution < -0.4 is 15.5 Å². The zero-order chi connectivity index (χ0) is 24.1. The third-order valence-electron chi connectivity index (χ3n) is 6.92. The fraction of sp³-hybridized carbons (Fsp3) is 0.440. The van der Waals surface area contributed by atoms with Gasteiger partial charge in [-0.15, -0.1) is 0 Å². The lowest BCUT2D eigenvalue weighted by atomic mass is 10.1. The fourth-order valence-electron chi connectivity index (χ4n) is 5.21. The molecule has 35 heavy (non-hydrogen) atoms. The van der Waals surface area contributed by atoms with E-state index in [-0.39, 0.29) is 5.82 Å². The van der Waals surface area contributed by atoms with Crippen molar-refractivity contribution in [3.63, 3.8) is 0 Å². The number of hydrogen-bond donors (Lipinski definition) is 2. The van der Waals surface area contributed by atoms with Crippen molar-refractivity contribution in [2.75, 3.05) is 43.1 Å². The minimum absolute atomic E-state index is 0.350. The quantitative estimate of drug-likeness (QED) is 0.428. The highest BCUT2D eigenvalue weighted by Gasteiger charge is 2.23. The van der Waals surface area contributed by atoms with Crippen molar-refractivity contribution < 1.29 is 9.13 Å². The van der Waals surface area contributed by atoms with Crippen molar-refractivity contribution in [3.05, 3.63) is 41.3 Å². The normalized spacial score (nSPS) is 20.9. The van der Waals surface area contributed by atoms with Crippen LogP contribution in [0.3, 0.4) is 0 Å². The number of ether oxygens (including phenoxy) is 1. The number of anilines is 3. The van der Waals surface area contributed by atoms with E-state index in [0.29, 0.717) is 34.0 Å². The van der Waals surface area contributed by atoms with Crippen LogP contribution in [-0.2, 0) is 18.3 Å². The molecule has 4 aromatic rings. The summed E-state index contributed by atoms with van der Waals surface area (Å²) in [7, 11) is 1.78. The van der Waals surface area contributed by atoms with Gasteiger partial charge in [0.2, 0.25) is 0 Å². The van der Waals surface area contributed by atoms with E-state index in [9.17, 15) is 4.39 Å². The summed E-state index contributed by atoms with van der Waals surface area (Å²) in [5.41, 5.74) is 3.02. The van der Waals surface area contributed by atoms with E-state index in [0.717, 1.165) is 67.8 Å². The van der Waals surface area contributed by atoms with Crippen LogP contribution in [0.5, 0.6) is 0 Å². The average Bonchev–Trinajstić information content (AvgIpc) is 3.54. The Kier molecular flexibility index (Phi) is 5.78. The van der Waals surface area contributed by atoms with Crippen LogP contribution in [0.1, 0.15) is 13.3 Å². The molecular formula is C25H29ClFN7O. The maximum Gasteiger partial charge on any atom is 0.161 e. The van der Waals surface area contributed by atoms with Gasteiger partial charge in [0.25, 0.3) is 0 Å². The van der Waals surface area contributed by atoms with E-state index in [1.165, 1.54) is 6.07 Å². The molecule has 0 saturated carbocycles. The summed E-state index contributed by atoms with van der Waals surface area (Å²) in [5, 5.41) is 18.1. The van der Waals surface area contributed by atoms with Gasteiger partial charge in [0, 0.05) is 74.8 Å². The topological polar surface area (TPSA) is 72.2 Å². The first-order chi connectivity index (χ1) is 16.9. The molecule has 2 atom stereocenters. The van der Waals surface area contributed by atoms with Crippen LogP contribution in [0.2, 0.25) is 5.02 Å². The van der Waals surface area contributed by atoms with Crippen molar-refractivity contribution >= 4 is 50.6 Å². The van der Waals surface area contributed by atoms with Crippen LogP contribution in [-0.4, -0.2) is 58.5 Å². The van der Waals surface area contributed by atoms with Gasteiger partial charge < -0.3 is 20.3 Å². The highest BCUT2D eigenvalue weighted by Crippen LogP contribution is 2.37. The summed E-state index contributed by atoms with van der Waals surface area (Å²) in [6.07, 6.45) is 2.81. The smallest absolute Gasteiger partial charge is 0.161 e. The van der Waals surface area contributed by atoms with Gasteiger partial charge in [-0.1, -0.05) is 11.6 Å². The Bertz CT molecular complexity index is 1390. The lowest BCUT2D eigenvalue weighted by Crippen LogP contribution is -2.49. The van der Waals surface area contributed by atoms with Crippen LogP contribution in [0, 0.1) is 11.7 Å². The number of rotatable bonds is 5. The zero-order valence-electron chi connectivity index (χ0n) is 19.9. The third kappa shape index (κ3) is 4.32. The molecule has 2 aliphatic heterocycles. The first-order valence-electron chi connectivity index (χ1n) is 12.1. The molecule has 0 bridgehead atoms. The molecule has 2 aliphatic rings. The molecule has 10 heteroatoms. The molecule has 0 radical (unpaired) electrons. The van der Waals surface area contributed by atoms with E-state index in [4.69, 9.17) is 21.4 Å². The van der Waals surface area contributed by atoms with Crippen LogP contribution in [0.4, 0.5) is 21.6 Å². The lowest BCUT2D eigenvalue weighted by Gasteiger charge is -2.33. The molecule has 0 spiro atoms. The van der Waals surface area contributed by atoms with Gasteiger partial charge in [0.1, 0.15) is 5.52 Å². The minimum atomic E-state index is -0.376. The van der Waals surface area contributed by atoms with Gasteiger partial charge in [-0.2, -0.15) is 10.2 Å². The highest BCUT2D eigenvalue weighted by atomic mass is 35.5. The van der Waals surface area contributed by atoms with Crippen molar-refractivity contribution in [2.45, 2.75) is 25.9 Å². The van der Waals surface area contributed by atoms with E-state index in [1.54, 1.807) is 17.9 Å². The number of benzene rings is 2. The summed E-state index contributed by atoms with van der Waals surface area (Å²) >= 11 is 6.90. The third-order valence-corrected chi connectivity index (χ3v) is 7.22. The van der Waals surface area contributed by atoms with Gasteiger partial charge in [-0.05, 0) is 37.6 Å². The summed E-state index contributed by atoms with van der Waals surface area (Å²) in [5.74, 6) is 0.641. The lowest BCUT2D eigenvalue weighted by molar-refractivity contribution is 0.182. The molecule has 6 rings (SSSR count). The molecule has 184 valence electrons. The Labute approximate surface area is 208 Å². The van der Waals surface area contributed by atoms with Gasteiger partial charge >= 0.3 is 0 Å². The molecule has 8 nitrogen and oxygen atoms in total. The fourth-order valence-corrected chi connectivity index (χ4v) is 5.51. The van der Waals surface area contributed by atoms with E-state index in [1.807, 2.05) is 16.8 Å². The van der Waals surface area contributed by atoms with Crippen LogP contribution in [0.15, 0.2) is 30.5 Å². The number of hydrogen-bond acceptors (Lipinski definition) is 6. The van der Waals surface area contributed by atoms with Crippen LogP contribution in [0.25, 0.3) is 21.8 Å². The molecule has 2 N–H and O–H groups in total. The maximum absolute atomic E-state index is 14.7. The second-order valence-electron chi connectivity index (χ2n) is 9.71. The monoisotopic (exact) mass is 497 g/mol. The molecule has 2 fully saturated rings. The number of nitrogens with one attached hydrogen (secondary N) is 2. The van der Waals surface area contributed by atoms with Gasteiger partial charge in [0.05, 0.1) is 22.5 Å². The standard InChI is InChI=1S/C25H29ClFN7O/c1-15-11-33(5-4-28-15)19-9-20(26)23-22(10-19)34(12-16-3-6-35-14-16)31-25(23)29-18-7-17-13-32(2)30-24(17)21(27)8-18/h7-10,13,15-16,28H,3-6,11-12,14H2,1-2H3,(H,29,31). The van der Waals surface area contributed by atoms with E-state index < -0.39 is 0 Å². The number of fused-ring (bicyclic) bond motifs is 2. The number of aromatic nitrogens is 4. The Morgan fingerprint density at radius 1 is 1.26 bits per heavy atom. The Hall–Kier alpha value is -2.88. The molecular weight excluding hydrogens is 469 g/mol. The number of nitrogens with zero attached hydrogens (tertiary/aromatic N) is 5. The van der Waals surface area contributed by atoms with Crippen molar-refractivity contribution in [1.29, 1.82) is 0 Å². The Morgan fingerprint density at radius 2 is 2.14 bits per heavy atom. The van der Waals surface area contributed by atoms with Gasteiger partial charge in [0.15, 0.2) is 11.6 Å². The Morgan fingerprint density at radius 3 is 2.94 bits per heavy atom. The highest BCUT2D eigenvalue weighted by molar-refractivity contribution is 6.37. The molecule has 2 aromatic carbocycles. The number of halogens is 2. The van der Waals surface area contributed by atoms with Gasteiger partial charge in [-0.25, -0.2) is 4.39 Å². The minimum Gasteiger partial charge on any atom is -0.381 e. The van der Waals surface area contributed by atoms with E-state index >= 15 is 0 Å². The van der Waals surface area contributed by atoms with Crippen molar-refractivity contribution in [2.24, 2.45) is 13.0 Å². The molecule has 2 unspecified atom stereocenters. The first kappa shape index (κ1) is 22.6. The average molecular weight is 498 g/mol. The molecule has 2 saturated heterocycles. The first-order valence-corrected chi connectivity index (χ1v) is 12.5. The SMILES string of the molecule is CC1CN(c2cc(Cl)c3c(Nc4cc(F)c5nn(C)cc5c4)nn(CC4CCOC4)c3c2)CCN1. The largest absolute Gasteiger partial charge is 0.381 e. The predicted octanol–water partition coefficient (Wildman–Crippen LogP) is 4.29. The molecule has 0 amide bonds. The van der Waals surface area contributed by atoms with Gasteiger partial charge in [-0.3, -0.25) is 9.36 Å². The number of piperazine rings is 1. The zero-order valence-corrected chi connectivity index (χ0v) is 20.6. The summed E-state index contributed by atoms with van der Waals surface area (Å²) in [6, 6.07) is 7.94. The molecule has 0 aliphatic carbocycles.